The van der Waals surface area contributed by atoms with Crippen molar-refractivity contribution in [3.8, 4) is 5.75 Å². The van der Waals surface area contributed by atoms with Crippen LogP contribution in [0.4, 0.5) is 0 Å². The molecule has 5 nitrogen and oxygen atoms in total. The van der Waals surface area contributed by atoms with Gasteiger partial charge in [0.1, 0.15) is 5.75 Å². The maximum Gasteiger partial charge on any atom is 0.713 e. The van der Waals surface area contributed by atoms with Gasteiger partial charge in [-0.3, -0.25) is 0 Å². The van der Waals surface area contributed by atoms with Crippen molar-refractivity contribution in [3.05, 3.63) is 29.3 Å². The molecule has 2 rings (SSSR count). The molecule has 1 aliphatic heterocycles. The molecule has 0 aromatic heterocycles. The second-order valence-corrected chi connectivity index (χ2v) is 5.97. The summed E-state index contributed by atoms with van der Waals surface area (Å²) in [6.45, 7) is 7.13. The molecule has 1 atom stereocenters. The number of hydrogen-bond donors (Lipinski definition) is 2. The molecule has 1 aliphatic rings. The van der Waals surface area contributed by atoms with Crippen molar-refractivity contribution >= 4 is 7.32 Å². The molecule has 6 heteroatoms. The monoisotopic (exact) mass is 279 g/mol. The standard InChI is InChI=1S/C14H22BNO4/c1-14(2,3)16-8-12(17)10-5-6-13-11(7-10)9-19-15(18-4)20-13/h5-7,12,16-17H,8-9H2,1-4H3. The Morgan fingerprint density at radius 1 is 1.45 bits per heavy atom. The van der Waals surface area contributed by atoms with Crippen LogP contribution in [0.25, 0.3) is 0 Å². The summed E-state index contributed by atoms with van der Waals surface area (Å²) in [7, 11) is 0.882. The summed E-state index contributed by atoms with van der Waals surface area (Å²) in [4.78, 5) is 0. The van der Waals surface area contributed by atoms with Gasteiger partial charge in [-0.05, 0) is 38.5 Å². The van der Waals surface area contributed by atoms with Gasteiger partial charge in [0.2, 0.25) is 0 Å². The fourth-order valence-electron chi connectivity index (χ4n) is 1.97. The van der Waals surface area contributed by atoms with Gasteiger partial charge in [-0.2, -0.15) is 0 Å². The lowest BCUT2D eigenvalue weighted by Crippen LogP contribution is -2.38. The minimum absolute atomic E-state index is 0.0207. The predicted molar refractivity (Wildman–Crippen MR) is 77.3 cm³/mol. The molecular weight excluding hydrogens is 257 g/mol. The maximum atomic E-state index is 10.2. The summed E-state index contributed by atoms with van der Waals surface area (Å²) in [6.07, 6.45) is -0.556. The largest absolute Gasteiger partial charge is 0.713 e. The van der Waals surface area contributed by atoms with Gasteiger partial charge >= 0.3 is 7.32 Å². The summed E-state index contributed by atoms with van der Waals surface area (Å²) in [6, 6.07) is 5.63. The van der Waals surface area contributed by atoms with E-state index in [1.807, 2.05) is 18.2 Å². The van der Waals surface area contributed by atoms with Crippen LogP contribution in [0.1, 0.15) is 38.0 Å². The molecule has 1 aromatic carbocycles. The molecule has 0 radical (unpaired) electrons. The second kappa shape index (κ2) is 6.14. The van der Waals surface area contributed by atoms with Crippen LogP contribution >= 0.6 is 0 Å². The third-order valence-corrected chi connectivity index (χ3v) is 3.09. The van der Waals surface area contributed by atoms with Crippen LogP contribution in [0, 0.1) is 0 Å². The number of aliphatic hydroxyl groups is 1. The first-order valence-electron chi connectivity index (χ1n) is 6.76. The summed E-state index contributed by atoms with van der Waals surface area (Å²) >= 11 is 0. The molecule has 0 amide bonds. The Morgan fingerprint density at radius 3 is 2.85 bits per heavy atom. The first-order valence-corrected chi connectivity index (χ1v) is 6.76. The Balaban J connectivity index is 2.04. The second-order valence-electron chi connectivity index (χ2n) is 5.97. The fourth-order valence-corrected chi connectivity index (χ4v) is 1.97. The average molecular weight is 279 g/mol. The molecule has 1 unspecified atom stereocenters. The normalized spacial score (nSPS) is 16.6. The Bertz CT molecular complexity index is 461. The fraction of sp³-hybridized carbons (Fsp3) is 0.571. The van der Waals surface area contributed by atoms with Crippen LogP contribution in [0.5, 0.6) is 5.75 Å². The van der Waals surface area contributed by atoms with Gasteiger partial charge in [0.25, 0.3) is 0 Å². The molecule has 0 saturated heterocycles. The highest BCUT2D eigenvalue weighted by molar-refractivity contribution is 6.37. The topological polar surface area (TPSA) is 60.0 Å². The molecule has 1 heterocycles. The van der Waals surface area contributed by atoms with Gasteiger partial charge in [-0.15, -0.1) is 0 Å². The van der Waals surface area contributed by atoms with E-state index in [0.717, 1.165) is 16.9 Å². The molecule has 0 fully saturated rings. The van der Waals surface area contributed by atoms with E-state index in [1.54, 1.807) is 0 Å². The van der Waals surface area contributed by atoms with Crippen LogP contribution in [0.15, 0.2) is 18.2 Å². The van der Waals surface area contributed by atoms with Crippen LogP contribution in [-0.2, 0) is 15.9 Å². The van der Waals surface area contributed by atoms with Gasteiger partial charge in [-0.1, -0.05) is 6.07 Å². The van der Waals surface area contributed by atoms with Crippen molar-refractivity contribution in [2.24, 2.45) is 0 Å². The minimum atomic E-state index is -0.652. The number of hydrogen-bond acceptors (Lipinski definition) is 5. The Hall–Kier alpha value is -1.08. The smallest absolute Gasteiger partial charge is 0.512 e. The average Bonchev–Trinajstić information content (AvgIpc) is 2.42. The third-order valence-electron chi connectivity index (χ3n) is 3.09. The first-order chi connectivity index (χ1) is 9.39. The zero-order valence-corrected chi connectivity index (χ0v) is 12.5. The summed E-state index contributed by atoms with van der Waals surface area (Å²) in [5.41, 5.74) is 1.75. The molecule has 20 heavy (non-hydrogen) atoms. The molecule has 110 valence electrons. The van der Waals surface area contributed by atoms with Crippen LogP contribution < -0.4 is 9.97 Å². The summed E-state index contributed by atoms with van der Waals surface area (Å²) < 4.78 is 15.8. The number of rotatable bonds is 4. The Kier molecular flexibility index (Phi) is 4.70. The van der Waals surface area contributed by atoms with Crippen molar-refractivity contribution in [1.82, 2.24) is 5.32 Å². The molecule has 0 bridgehead atoms. The Labute approximate surface area is 120 Å². The SMILES string of the molecule is COB1OCc2cc(C(O)CNC(C)(C)C)ccc2O1. The van der Waals surface area contributed by atoms with E-state index >= 15 is 0 Å². The van der Waals surface area contributed by atoms with Gasteiger partial charge in [0, 0.05) is 24.8 Å². The van der Waals surface area contributed by atoms with Gasteiger partial charge in [0.15, 0.2) is 0 Å². The molecular formula is C14H22BNO4. The lowest BCUT2D eigenvalue weighted by atomic mass is 10.0. The van der Waals surface area contributed by atoms with Crippen LogP contribution in [0.3, 0.4) is 0 Å². The van der Waals surface area contributed by atoms with E-state index in [1.165, 1.54) is 7.11 Å². The molecule has 0 saturated carbocycles. The minimum Gasteiger partial charge on any atom is -0.512 e. The van der Waals surface area contributed by atoms with Gasteiger partial charge in [-0.25, -0.2) is 0 Å². The van der Waals surface area contributed by atoms with Crippen molar-refractivity contribution in [2.45, 2.75) is 39.0 Å². The van der Waals surface area contributed by atoms with E-state index in [2.05, 4.69) is 26.1 Å². The van der Waals surface area contributed by atoms with Crippen LogP contribution in [0.2, 0.25) is 0 Å². The van der Waals surface area contributed by atoms with E-state index in [0.29, 0.717) is 13.2 Å². The highest BCUT2D eigenvalue weighted by Crippen LogP contribution is 2.28. The number of benzene rings is 1. The number of aliphatic hydroxyl groups excluding tert-OH is 1. The highest BCUT2D eigenvalue weighted by Gasteiger charge is 2.29. The number of β-amino-alcohol motifs (C(OH)–C–C–N with tert-alkyl or cyclic N) is 1. The molecule has 0 spiro atoms. The van der Waals surface area contributed by atoms with E-state index < -0.39 is 13.4 Å². The zero-order valence-electron chi connectivity index (χ0n) is 12.5. The summed E-state index contributed by atoms with van der Waals surface area (Å²) in [5.74, 6) is 0.739. The Morgan fingerprint density at radius 2 is 2.20 bits per heavy atom. The molecule has 2 N–H and O–H groups in total. The van der Waals surface area contributed by atoms with Gasteiger partial charge in [0.05, 0.1) is 12.7 Å². The third kappa shape index (κ3) is 3.96. The number of nitrogens with one attached hydrogen (secondary N) is 1. The van der Waals surface area contributed by atoms with E-state index in [4.69, 9.17) is 14.0 Å². The summed E-state index contributed by atoms with van der Waals surface area (Å²) in [5, 5.41) is 13.5. The molecule has 1 aromatic rings. The van der Waals surface area contributed by atoms with E-state index in [9.17, 15) is 5.11 Å². The lowest BCUT2D eigenvalue weighted by Gasteiger charge is -2.25. The highest BCUT2D eigenvalue weighted by atomic mass is 16.7. The quantitative estimate of drug-likeness (QED) is 0.821. The maximum absolute atomic E-state index is 10.2. The van der Waals surface area contributed by atoms with Crippen molar-refractivity contribution in [3.63, 3.8) is 0 Å². The van der Waals surface area contributed by atoms with E-state index in [-0.39, 0.29) is 5.54 Å². The first kappa shape index (κ1) is 15.3. The van der Waals surface area contributed by atoms with Crippen molar-refractivity contribution in [1.29, 1.82) is 0 Å². The van der Waals surface area contributed by atoms with Crippen molar-refractivity contribution in [2.75, 3.05) is 13.7 Å². The molecule has 0 aliphatic carbocycles. The zero-order chi connectivity index (χ0) is 14.8. The van der Waals surface area contributed by atoms with Crippen LogP contribution in [-0.4, -0.2) is 31.6 Å². The predicted octanol–water partition coefficient (Wildman–Crippen LogP) is 1.65. The number of fused-ring (bicyclic) bond motifs is 1. The van der Waals surface area contributed by atoms with Crippen molar-refractivity contribution < 1.29 is 19.1 Å². The van der Waals surface area contributed by atoms with Gasteiger partial charge < -0.3 is 24.4 Å². The lowest BCUT2D eigenvalue weighted by molar-refractivity contribution is 0.138.